The van der Waals surface area contributed by atoms with E-state index in [1.165, 1.54) is 11.8 Å². The summed E-state index contributed by atoms with van der Waals surface area (Å²) in [5.41, 5.74) is 1.38. The monoisotopic (exact) mass is 393 g/mol. The summed E-state index contributed by atoms with van der Waals surface area (Å²) < 4.78 is 7.33. The van der Waals surface area contributed by atoms with Crippen molar-refractivity contribution in [1.82, 2.24) is 25.0 Å². The van der Waals surface area contributed by atoms with Crippen molar-refractivity contribution in [3.8, 4) is 0 Å². The van der Waals surface area contributed by atoms with Gasteiger partial charge >= 0.3 is 0 Å². The minimum absolute atomic E-state index is 0.202. The number of nitrogens with one attached hydrogen (secondary N) is 1. The van der Waals surface area contributed by atoms with Gasteiger partial charge in [0.05, 0.1) is 6.26 Å². The Morgan fingerprint density at radius 3 is 2.79 bits per heavy atom. The highest BCUT2D eigenvalue weighted by Crippen LogP contribution is 2.18. The van der Waals surface area contributed by atoms with Crippen LogP contribution in [0.15, 0.2) is 53.1 Å². The van der Waals surface area contributed by atoms with E-state index >= 15 is 0 Å². The van der Waals surface area contributed by atoms with Crippen LogP contribution in [0.5, 0.6) is 0 Å². The van der Waals surface area contributed by atoms with Crippen LogP contribution in [0.1, 0.15) is 40.6 Å². The number of nitrogens with zero attached hydrogens (tertiary/aromatic N) is 4. The lowest BCUT2D eigenvalue weighted by atomic mass is 10.0. The van der Waals surface area contributed by atoms with Gasteiger partial charge in [-0.3, -0.25) is 4.79 Å². The molecule has 7 nitrogen and oxygen atoms in total. The van der Waals surface area contributed by atoms with Crippen molar-refractivity contribution in [2.75, 3.05) is 26.2 Å². The highest BCUT2D eigenvalue weighted by Gasteiger charge is 2.20. The first kappa shape index (κ1) is 19.4. The van der Waals surface area contributed by atoms with Crippen molar-refractivity contribution in [2.24, 2.45) is 0 Å². The third kappa shape index (κ3) is 4.74. The van der Waals surface area contributed by atoms with Gasteiger partial charge in [0.25, 0.3) is 5.91 Å². The van der Waals surface area contributed by atoms with E-state index in [0.717, 1.165) is 44.2 Å². The van der Waals surface area contributed by atoms with Crippen molar-refractivity contribution in [2.45, 2.75) is 32.2 Å². The standard InChI is InChI=1S/C22H27N5O2/c1-17(18-6-3-2-4-7-18)16-26-12-10-21-25-24-20(27(21)14-13-26)9-11-23-22(28)19-8-5-15-29-19/h2-8,15,17H,9-14,16H2,1H3,(H,23,28)/t17-/m1/s1. The fourth-order valence-electron chi connectivity index (χ4n) is 3.85. The smallest absolute Gasteiger partial charge is 0.286 e. The summed E-state index contributed by atoms with van der Waals surface area (Å²) in [5, 5.41) is 11.6. The Bertz CT molecular complexity index is 920. The number of aromatic nitrogens is 3. The van der Waals surface area contributed by atoms with Crippen LogP contribution in [0.4, 0.5) is 0 Å². The molecule has 2 aromatic heterocycles. The largest absolute Gasteiger partial charge is 0.459 e. The molecule has 7 heteroatoms. The van der Waals surface area contributed by atoms with E-state index in [9.17, 15) is 4.79 Å². The number of rotatable bonds is 7. The average Bonchev–Trinajstić information content (AvgIpc) is 3.37. The molecule has 1 N–H and O–H groups in total. The summed E-state index contributed by atoms with van der Waals surface area (Å²) in [5.74, 6) is 2.58. The molecule has 1 amide bonds. The zero-order valence-corrected chi connectivity index (χ0v) is 16.8. The van der Waals surface area contributed by atoms with Crippen LogP contribution in [0.2, 0.25) is 0 Å². The van der Waals surface area contributed by atoms with Gasteiger partial charge in [0.2, 0.25) is 0 Å². The minimum atomic E-state index is -0.202. The maximum Gasteiger partial charge on any atom is 0.286 e. The molecule has 0 unspecified atom stereocenters. The van der Waals surface area contributed by atoms with Gasteiger partial charge in [-0.15, -0.1) is 10.2 Å². The Kier molecular flexibility index (Phi) is 6.05. The zero-order chi connectivity index (χ0) is 20.1. The molecule has 1 aliphatic heterocycles. The fourth-order valence-corrected chi connectivity index (χ4v) is 3.85. The van der Waals surface area contributed by atoms with Crippen LogP contribution in [0.3, 0.4) is 0 Å². The highest BCUT2D eigenvalue weighted by molar-refractivity contribution is 5.91. The molecule has 1 aromatic carbocycles. The number of carbonyl (C=O) groups excluding carboxylic acids is 1. The molecule has 4 rings (SSSR count). The lowest BCUT2D eigenvalue weighted by molar-refractivity contribution is 0.0926. The van der Waals surface area contributed by atoms with Crippen LogP contribution in [-0.4, -0.2) is 51.8 Å². The highest BCUT2D eigenvalue weighted by atomic mass is 16.3. The van der Waals surface area contributed by atoms with Crippen LogP contribution < -0.4 is 5.32 Å². The Morgan fingerprint density at radius 1 is 1.14 bits per heavy atom. The molecule has 0 spiro atoms. The maximum atomic E-state index is 12.0. The first-order valence-corrected chi connectivity index (χ1v) is 10.2. The van der Waals surface area contributed by atoms with Gasteiger partial charge in [0, 0.05) is 45.6 Å². The number of hydrogen-bond acceptors (Lipinski definition) is 5. The van der Waals surface area contributed by atoms with E-state index in [0.29, 0.717) is 24.6 Å². The normalized spacial score (nSPS) is 15.5. The molecule has 0 fully saturated rings. The molecule has 0 bridgehead atoms. The van der Waals surface area contributed by atoms with Gasteiger partial charge in [-0.05, 0) is 23.6 Å². The van der Waals surface area contributed by atoms with Crippen molar-refractivity contribution in [3.63, 3.8) is 0 Å². The van der Waals surface area contributed by atoms with E-state index in [1.54, 1.807) is 12.1 Å². The van der Waals surface area contributed by atoms with Gasteiger partial charge in [0.1, 0.15) is 11.6 Å². The molecule has 0 saturated heterocycles. The van der Waals surface area contributed by atoms with E-state index in [1.807, 2.05) is 0 Å². The topological polar surface area (TPSA) is 76.2 Å². The summed E-state index contributed by atoms with van der Waals surface area (Å²) in [6, 6.07) is 14.0. The van der Waals surface area contributed by atoms with Crippen LogP contribution in [0, 0.1) is 0 Å². The summed E-state index contributed by atoms with van der Waals surface area (Å²) in [6.45, 7) is 6.68. The van der Waals surface area contributed by atoms with E-state index in [2.05, 4.69) is 62.2 Å². The molecular weight excluding hydrogens is 366 g/mol. The summed E-state index contributed by atoms with van der Waals surface area (Å²) in [4.78, 5) is 14.5. The second-order valence-electron chi connectivity index (χ2n) is 7.53. The van der Waals surface area contributed by atoms with Gasteiger partial charge in [-0.1, -0.05) is 37.3 Å². The Morgan fingerprint density at radius 2 is 2.00 bits per heavy atom. The van der Waals surface area contributed by atoms with Crippen LogP contribution >= 0.6 is 0 Å². The van der Waals surface area contributed by atoms with Gasteiger partial charge < -0.3 is 19.2 Å². The van der Waals surface area contributed by atoms with Crippen molar-refractivity contribution in [1.29, 1.82) is 0 Å². The van der Waals surface area contributed by atoms with Crippen LogP contribution in [0.25, 0.3) is 0 Å². The molecule has 1 atom stereocenters. The number of benzene rings is 1. The molecule has 1 aliphatic rings. The van der Waals surface area contributed by atoms with Crippen molar-refractivity contribution < 1.29 is 9.21 Å². The Labute approximate surface area is 170 Å². The lowest BCUT2D eigenvalue weighted by Gasteiger charge is -2.24. The first-order valence-electron chi connectivity index (χ1n) is 10.2. The van der Waals surface area contributed by atoms with Gasteiger partial charge in [-0.2, -0.15) is 0 Å². The predicted octanol–water partition coefficient (Wildman–Crippen LogP) is 2.51. The first-order chi connectivity index (χ1) is 14.2. The fraction of sp³-hybridized carbons (Fsp3) is 0.409. The summed E-state index contributed by atoms with van der Waals surface area (Å²) in [6.07, 6.45) is 3.05. The number of hydrogen-bond donors (Lipinski definition) is 1. The molecule has 3 heterocycles. The third-order valence-electron chi connectivity index (χ3n) is 5.48. The molecule has 0 saturated carbocycles. The van der Waals surface area contributed by atoms with E-state index in [4.69, 9.17) is 4.42 Å². The van der Waals surface area contributed by atoms with Crippen molar-refractivity contribution in [3.05, 3.63) is 71.7 Å². The molecule has 152 valence electrons. The Balaban J connectivity index is 1.30. The molecule has 0 radical (unpaired) electrons. The molecule has 3 aromatic rings. The average molecular weight is 393 g/mol. The number of fused-ring (bicyclic) bond motifs is 1. The summed E-state index contributed by atoms with van der Waals surface area (Å²) >= 11 is 0. The van der Waals surface area contributed by atoms with Crippen molar-refractivity contribution >= 4 is 5.91 Å². The predicted molar refractivity (Wildman–Crippen MR) is 110 cm³/mol. The lowest BCUT2D eigenvalue weighted by Crippen LogP contribution is -2.31. The summed E-state index contributed by atoms with van der Waals surface area (Å²) in [7, 11) is 0. The second kappa shape index (κ2) is 9.05. The maximum absolute atomic E-state index is 12.0. The SMILES string of the molecule is C[C@H](CN1CCc2nnc(CCNC(=O)c3ccco3)n2CC1)c1ccccc1. The third-order valence-corrected chi connectivity index (χ3v) is 5.48. The quantitative estimate of drug-likeness (QED) is 0.667. The molecule has 0 aliphatic carbocycles. The number of carbonyl (C=O) groups is 1. The van der Waals surface area contributed by atoms with Gasteiger partial charge in [0.15, 0.2) is 5.76 Å². The number of furan rings is 1. The minimum Gasteiger partial charge on any atom is -0.459 e. The Hall–Kier alpha value is -2.93. The second-order valence-corrected chi connectivity index (χ2v) is 7.53. The van der Waals surface area contributed by atoms with Crippen LogP contribution in [-0.2, 0) is 19.4 Å². The number of amides is 1. The molecular formula is C22H27N5O2. The van der Waals surface area contributed by atoms with Gasteiger partial charge in [-0.25, -0.2) is 0 Å². The molecule has 29 heavy (non-hydrogen) atoms. The zero-order valence-electron chi connectivity index (χ0n) is 16.8. The van der Waals surface area contributed by atoms with E-state index in [-0.39, 0.29) is 5.91 Å². The van der Waals surface area contributed by atoms with E-state index < -0.39 is 0 Å².